The molecule has 144 valence electrons. The van der Waals surface area contributed by atoms with Gasteiger partial charge in [0.25, 0.3) is 5.91 Å². The standard InChI is InChI=1S/C20H15Cl2F2N3O/c21-18-3-1-2-13(19(18)22)11-27(10-12-4-17(25)9-26-8-12)20(28)14-5-15(23)7-16(24)6-14/h1-9H,10-11,25H2. The number of nitrogen functional groups attached to an aromatic ring is 1. The van der Waals surface area contributed by atoms with Crippen LogP contribution in [0.3, 0.4) is 0 Å². The summed E-state index contributed by atoms with van der Waals surface area (Å²) in [6.45, 7) is 0.184. The summed E-state index contributed by atoms with van der Waals surface area (Å²) in [6.07, 6.45) is 3.04. The fourth-order valence-corrected chi connectivity index (χ4v) is 3.13. The van der Waals surface area contributed by atoms with Gasteiger partial charge in [0.05, 0.1) is 15.7 Å². The van der Waals surface area contributed by atoms with E-state index in [-0.39, 0.29) is 18.7 Å². The van der Waals surface area contributed by atoms with Gasteiger partial charge in [0.1, 0.15) is 11.6 Å². The summed E-state index contributed by atoms with van der Waals surface area (Å²) in [5.74, 6) is -2.25. The average molecular weight is 422 g/mol. The van der Waals surface area contributed by atoms with Gasteiger partial charge >= 0.3 is 0 Å². The number of nitrogens with two attached hydrogens (primary N) is 1. The van der Waals surface area contributed by atoms with Crippen molar-refractivity contribution >= 4 is 34.8 Å². The highest BCUT2D eigenvalue weighted by Crippen LogP contribution is 2.27. The molecule has 1 amide bonds. The van der Waals surface area contributed by atoms with E-state index >= 15 is 0 Å². The molecule has 0 aliphatic heterocycles. The van der Waals surface area contributed by atoms with Gasteiger partial charge < -0.3 is 10.6 Å². The van der Waals surface area contributed by atoms with Crippen LogP contribution in [0.5, 0.6) is 0 Å². The Morgan fingerprint density at radius 3 is 2.43 bits per heavy atom. The molecule has 0 spiro atoms. The number of amides is 1. The molecular formula is C20H15Cl2F2N3O. The van der Waals surface area contributed by atoms with E-state index in [1.165, 1.54) is 11.1 Å². The Labute approximate surface area is 170 Å². The van der Waals surface area contributed by atoms with Gasteiger partial charge in [0, 0.05) is 37.1 Å². The third-order valence-corrected chi connectivity index (χ3v) is 4.84. The second-order valence-electron chi connectivity index (χ2n) is 6.16. The van der Waals surface area contributed by atoms with Crippen LogP contribution in [0, 0.1) is 11.6 Å². The van der Waals surface area contributed by atoms with Crippen LogP contribution in [0.15, 0.2) is 54.9 Å². The Kier molecular flexibility index (Phi) is 6.11. The van der Waals surface area contributed by atoms with E-state index in [1.54, 1.807) is 30.5 Å². The maximum atomic E-state index is 13.6. The smallest absolute Gasteiger partial charge is 0.254 e. The quantitative estimate of drug-likeness (QED) is 0.623. The van der Waals surface area contributed by atoms with E-state index in [0.29, 0.717) is 32.9 Å². The van der Waals surface area contributed by atoms with Crippen molar-refractivity contribution in [2.24, 2.45) is 0 Å². The van der Waals surface area contributed by atoms with E-state index in [4.69, 9.17) is 28.9 Å². The zero-order valence-corrected chi connectivity index (χ0v) is 16.0. The Morgan fingerprint density at radius 2 is 1.75 bits per heavy atom. The minimum absolute atomic E-state index is 0.0746. The molecule has 0 bridgehead atoms. The third kappa shape index (κ3) is 4.77. The first kappa shape index (κ1) is 20.0. The molecule has 3 aromatic rings. The largest absolute Gasteiger partial charge is 0.397 e. The molecule has 0 aliphatic carbocycles. The summed E-state index contributed by atoms with van der Waals surface area (Å²) >= 11 is 12.3. The molecule has 8 heteroatoms. The van der Waals surface area contributed by atoms with Crippen molar-refractivity contribution in [1.29, 1.82) is 0 Å². The lowest BCUT2D eigenvalue weighted by molar-refractivity contribution is 0.0729. The van der Waals surface area contributed by atoms with E-state index in [0.717, 1.165) is 12.1 Å². The first-order valence-electron chi connectivity index (χ1n) is 8.21. The number of halogens is 4. The minimum Gasteiger partial charge on any atom is -0.397 e. The first-order chi connectivity index (χ1) is 13.3. The molecule has 2 aromatic carbocycles. The van der Waals surface area contributed by atoms with Gasteiger partial charge in [-0.2, -0.15) is 0 Å². The van der Waals surface area contributed by atoms with Crippen molar-refractivity contribution in [1.82, 2.24) is 9.88 Å². The number of nitrogens with zero attached hydrogens (tertiary/aromatic N) is 2. The van der Waals surface area contributed by atoms with Crippen LogP contribution in [0.4, 0.5) is 14.5 Å². The number of carbonyl (C=O) groups excluding carboxylic acids is 1. The summed E-state index contributed by atoms with van der Waals surface area (Å²) < 4.78 is 27.2. The monoisotopic (exact) mass is 421 g/mol. The number of hydrogen-bond acceptors (Lipinski definition) is 3. The predicted molar refractivity (Wildman–Crippen MR) is 105 cm³/mol. The van der Waals surface area contributed by atoms with Crippen molar-refractivity contribution in [2.75, 3.05) is 5.73 Å². The SMILES string of the molecule is Nc1cncc(CN(Cc2cccc(Cl)c2Cl)C(=O)c2cc(F)cc(F)c2)c1. The lowest BCUT2D eigenvalue weighted by Gasteiger charge is -2.24. The number of hydrogen-bond donors (Lipinski definition) is 1. The first-order valence-corrected chi connectivity index (χ1v) is 8.96. The lowest BCUT2D eigenvalue weighted by atomic mass is 10.1. The van der Waals surface area contributed by atoms with Crippen molar-refractivity contribution in [3.8, 4) is 0 Å². The topological polar surface area (TPSA) is 59.2 Å². The van der Waals surface area contributed by atoms with E-state index < -0.39 is 17.5 Å². The fourth-order valence-electron chi connectivity index (χ4n) is 2.75. The van der Waals surface area contributed by atoms with Crippen molar-refractivity contribution in [3.05, 3.63) is 93.2 Å². The van der Waals surface area contributed by atoms with Gasteiger partial charge in [-0.3, -0.25) is 9.78 Å². The van der Waals surface area contributed by atoms with Gasteiger partial charge in [-0.1, -0.05) is 35.3 Å². The summed E-state index contributed by atoms with van der Waals surface area (Å²) in [7, 11) is 0. The fraction of sp³-hybridized carbons (Fsp3) is 0.100. The molecule has 0 fully saturated rings. The molecule has 2 N–H and O–H groups in total. The van der Waals surface area contributed by atoms with Crippen LogP contribution in [0.2, 0.25) is 10.0 Å². The van der Waals surface area contributed by atoms with E-state index in [2.05, 4.69) is 4.98 Å². The van der Waals surface area contributed by atoms with Gasteiger partial charge in [0.15, 0.2) is 0 Å². The normalized spacial score (nSPS) is 10.7. The molecule has 3 rings (SSSR count). The Morgan fingerprint density at radius 1 is 1.04 bits per heavy atom. The molecule has 0 saturated heterocycles. The van der Waals surface area contributed by atoms with Crippen LogP contribution in [-0.4, -0.2) is 15.8 Å². The molecule has 1 heterocycles. The molecule has 28 heavy (non-hydrogen) atoms. The summed E-state index contributed by atoms with van der Waals surface area (Å²) in [5, 5.41) is 0.645. The van der Waals surface area contributed by atoms with Crippen LogP contribution < -0.4 is 5.73 Å². The van der Waals surface area contributed by atoms with Gasteiger partial charge in [-0.25, -0.2) is 8.78 Å². The minimum atomic E-state index is -0.838. The van der Waals surface area contributed by atoms with Gasteiger partial charge in [0.2, 0.25) is 0 Å². The number of aromatic nitrogens is 1. The Hall–Kier alpha value is -2.70. The van der Waals surface area contributed by atoms with E-state index in [9.17, 15) is 13.6 Å². The van der Waals surface area contributed by atoms with E-state index in [1.807, 2.05) is 0 Å². The summed E-state index contributed by atoms with van der Waals surface area (Å²) in [4.78, 5) is 18.4. The second kappa shape index (κ2) is 8.54. The second-order valence-corrected chi connectivity index (χ2v) is 6.94. The van der Waals surface area contributed by atoms with Gasteiger partial charge in [-0.05, 0) is 35.4 Å². The molecule has 4 nitrogen and oxygen atoms in total. The summed E-state index contributed by atoms with van der Waals surface area (Å²) in [6, 6.07) is 9.39. The van der Waals surface area contributed by atoms with Crippen LogP contribution in [0.1, 0.15) is 21.5 Å². The lowest BCUT2D eigenvalue weighted by Crippen LogP contribution is -2.30. The van der Waals surface area contributed by atoms with Crippen molar-refractivity contribution < 1.29 is 13.6 Å². The maximum Gasteiger partial charge on any atom is 0.254 e. The number of carbonyl (C=O) groups is 1. The van der Waals surface area contributed by atoms with Crippen LogP contribution >= 0.6 is 23.2 Å². The van der Waals surface area contributed by atoms with Crippen LogP contribution in [0.25, 0.3) is 0 Å². The number of anilines is 1. The number of benzene rings is 2. The molecule has 0 atom stereocenters. The maximum absolute atomic E-state index is 13.6. The average Bonchev–Trinajstić information content (AvgIpc) is 2.63. The van der Waals surface area contributed by atoms with Crippen molar-refractivity contribution in [3.63, 3.8) is 0 Å². The van der Waals surface area contributed by atoms with Crippen molar-refractivity contribution in [2.45, 2.75) is 13.1 Å². The zero-order valence-electron chi connectivity index (χ0n) is 14.5. The zero-order chi connectivity index (χ0) is 20.3. The number of rotatable bonds is 5. The Balaban J connectivity index is 1.97. The van der Waals surface area contributed by atoms with Crippen LogP contribution in [-0.2, 0) is 13.1 Å². The molecule has 0 unspecified atom stereocenters. The molecular weight excluding hydrogens is 407 g/mol. The highest BCUT2D eigenvalue weighted by atomic mass is 35.5. The summed E-state index contributed by atoms with van der Waals surface area (Å²) in [5.41, 5.74) is 7.32. The number of pyridine rings is 1. The highest BCUT2D eigenvalue weighted by molar-refractivity contribution is 6.42. The molecule has 0 radical (unpaired) electrons. The molecule has 0 aliphatic rings. The van der Waals surface area contributed by atoms with Gasteiger partial charge in [-0.15, -0.1) is 0 Å². The highest BCUT2D eigenvalue weighted by Gasteiger charge is 2.20. The molecule has 1 aromatic heterocycles. The molecule has 0 saturated carbocycles. The third-order valence-electron chi connectivity index (χ3n) is 3.98. The predicted octanol–water partition coefficient (Wildman–Crippen LogP) is 5.09. The Bertz CT molecular complexity index is 1010.